The van der Waals surface area contributed by atoms with Crippen molar-refractivity contribution in [2.24, 2.45) is 0 Å². The molecule has 1 N–H and O–H groups in total. The molecule has 4 heteroatoms. The molecule has 3 aromatic rings. The van der Waals surface area contributed by atoms with Crippen LogP contribution in [0.25, 0.3) is 22.0 Å². The number of pyridine rings is 1. The molecule has 22 heavy (non-hydrogen) atoms. The zero-order valence-electron chi connectivity index (χ0n) is 12.1. The van der Waals surface area contributed by atoms with Gasteiger partial charge in [-0.3, -0.25) is 4.79 Å². The van der Waals surface area contributed by atoms with Crippen LogP contribution < -0.4 is 5.56 Å². The Labute approximate surface area is 127 Å². The number of fused-ring (bicyclic) bond motifs is 1. The molecule has 0 spiro atoms. The van der Waals surface area contributed by atoms with Crippen molar-refractivity contribution in [3.8, 4) is 11.1 Å². The molecule has 1 heterocycles. The molecule has 0 saturated heterocycles. The standard InChI is InChI=1S/C18H15NO3/c1-2-22-18(21)13-9-7-12(8-10-13)15-11-14-5-3-4-6-16(14)19-17(15)20/h3-11H,2H2,1H3,(H,19,20). The number of aromatic nitrogens is 1. The second kappa shape index (κ2) is 5.85. The Hall–Kier alpha value is -2.88. The molecule has 0 radical (unpaired) electrons. The van der Waals surface area contributed by atoms with Gasteiger partial charge in [-0.05, 0) is 42.1 Å². The number of esters is 1. The minimum atomic E-state index is -0.360. The third-order valence-electron chi connectivity index (χ3n) is 3.46. The number of para-hydroxylation sites is 1. The molecule has 0 aliphatic heterocycles. The van der Waals surface area contributed by atoms with Crippen LogP contribution >= 0.6 is 0 Å². The van der Waals surface area contributed by atoms with Gasteiger partial charge < -0.3 is 9.72 Å². The molecule has 110 valence electrons. The predicted octanol–water partition coefficient (Wildman–Crippen LogP) is 3.37. The first-order valence-electron chi connectivity index (χ1n) is 7.08. The second-order valence-corrected chi connectivity index (χ2v) is 4.90. The van der Waals surface area contributed by atoms with Crippen LogP contribution in [0.1, 0.15) is 17.3 Å². The number of benzene rings is 2. The van der Waals surface area contributed by atoms with Crippen molar-refractivity contribution in [3.05, 3.63) is 70.5 Å². The lowest BCUT2D eigenvalue weighted by molar-refractivity contribution is 0.0526. The van der Waals surface area contributed by atoms with Crippen LogP contribution in [0.5, 0.6) is 0 Å². The monoisotopic (exact) mass is 293 g/mol. The number of aromatic amines is 1. The van der Waals surface area contributed by atoms with E-state index in [-0.39, 0.29) is 11.5 Å². The average molecular weight is 293 g/mol. The molecule has 0 saturated carbocycles. The molecule has 3 rings (SSSR count). The van der Waals surface area contributed by atoms with Gasteiger partial charge in [0.1, 0.15) is 0 Å². The summed E-state index contributed by atoms with van der Waals surface area (Å²) in [6.07, 6.45) is 0. The van der Waals surface area contributed by atoms with E-state index in [4.69, 9.17) is 4.74 Å². The van der Waals surface area contributed by atoms with E-state index in [0.717, 1.165) is 16.5 Å². The minimum absolute atomic E-state index is 0.150. The zero-order chi connectivity index (χ0) is 15.5. The maximum absolute atomic E-state index is 12.2. The maximum atomic E-state index is 12.2. The Morgan fingerprint density at radius 2 is 1.82 bits per heavy atom. The van der Waals surface area contributed by atoms with Gasteiger partial charge in [0.15, 0.2) is 0 Å². The maximum Gasteiger partial charge on any atom is 0.338 e. The van der Waals surface area contributed by atoms with Crippen molar-refractivity contribution < 1.29 is 9.53 Å². The van der Waals surface area contributed by atoms with Crippen LogP contribution in [0.2, 0.25) is 0 Å². The fourth-order valence-electron chi connectivity index (χ4n) is 2.36. The molecule has 2 aromatic carbocycles. The highest BCUT2D eigenvalue weighted by Gasteiger charge is 2.09. The molecule has 0 fully saturated rings. The Kier molecular flexibility index (Phi) is 3.74. The fourth-order valence-corrected chi connectivity index (χ4v) is 2.36. The summed E-state index contributed by atoms with van der Waals surface area (Å²) in [5, 5.41) is 0.964. The second-order valence-electron chi connectivity index (χ2n) is 4.90. The first-order valence-corrected chi connectivity index (χ1v) is 7.08. The van der Waals surface area contributed by atoms with Crippen molar-refractivity contribution in [2.45, 2.75) is 6.92 Å². The first-order chi connectivity index (χ1) is 10.7. The number of hydrogen-bond donors (Lipinski definition) is 1. The van der Waals surface area contributed by atoms with Gasteiger partial charge in [-0.25, -0.2) is 4.79 Å². The van der Waals surface area contributed by atoms with Gasteiger partial charge in [-0.2, -0.15) is 0 Å². The van der Waals surface area contributed by atoms with Gasteiger partial charge in [0.25, 0.3) is 5.56 Å². The highest BCUT2D eigenvalue weighted by atomic mass is 16.5. The summed E-state index contributed by atoms with van der Waals surface area (Å²) in [5.74, 6) is -0.360. The van der Waals surface area contributed by atoms with Gasteiger partial charge in [0.05, 0.1) is 12.2 Å². The van der Waals surface area contributed by atoms with E-state index in [0.29, 0.717) is 17.7 Å². The van der Waals surface area contributed by atoms with Crippen LogP contribution in [-0.4, -0.2) is 17.6 Å². The highest BCUT2D eigenvalue weighted by Crippen LogP contribution is 2.20. The third kappa shape index (κ3) is 2.63. The van der Waals surface area contributed by atoms with Gasteiger partial charge in [0.2, 0.25) is 0 Å². The normalized spacial score (nSPS) is 10.6. The number of H-pyrrole nitrogens is 1. The van der Waals surface area contributed by atoms with E-state index >= 15 is 0 Å². The molecular weight excluding hydrogens is 278 g/mol. The fraction of sp³-hybridized carbons (Fsp3) is 0.111. The predicted molar refractivity (Wildman–Crippen MR) is 86.0 cm³/mol. The summed E-state index contributed by atoms with van der Waals surface area (Å²) in [7, 11) is 0. The van der Waals surface area contributed by atoms with Crippen molar-refractivity contribution in [1.29, 1.82) is 0 Å². The summed E-state index contributed by atoms with van der Waals surface area (Å²) < 4.78 is 4.95. The van der Waals surface area contributed by atoms with Crippen molar-refractivity contribution >= 4 is 16.9 Å². The lowest BCUT2D eigenvalue weighted by atomic mass is 10.0. The molecule has 1 aromatic heterocycles. The minimum Gasteiger partial charge on any atom is -0.462 e. The van der Waals surface area contributed by atoms with Crippen molar-refractivity contribution in [2.75, 3.05) is 6.61 Å². The van der Waals surface area contributed by atoms with E-state index in [1.54, 1.807) is 31.2 Å². The quantitative estimate of drug-likeness (QED) is 0.753. The molecule has 0 amide bonds. The van der Waals surface area contributed by atoms with E-state index < -0.39 is 0 Å². The van der Waals surface area contributed by atoms with E-state index in [1.807, 2.05) is 30.3 Å². The number of carbonyl (C=O) groups excluding carboxylic acids is 1. The Bertz CT molecular complexity index is 879. The highest BCUT2D eigenvalue weighted by molar-refractivity contribution is 5.90. The SMILES string of the molecule is CCOC(=O)c1ccc(-c2cc3ccccc3[nH]c2=O)cc1. The summed E-state index contributed by atoms with van der Waals surface area (Å²) in [5.41, 5.74) is 2.47. The molecule has 0 bridgehead atoms. The van der Waals surface area contributed by atoms with Crippen LogP contribution in [0.15, 0.2) is 59.4 Å². The number of nitrogens with one attached hydrogen (secondary N) is 1. The molecular formula is C18H15NO3. The Morgan fingerprint density at radius 3 is 2.55 bits per heavy atom. The first kappa shape index (κ1) is 14.1. The number of carbonyl (C=O) groups is 1. The van der Waals surface area contributed by atoms with Crippen LogP contribution in [0.4, 0.5) is 0 Å². The van der Waals surface area contributed by atoms with Crippen LogP contribution in [0.3, 0.4) is 0 Å². The van der Waals surface area contributed by atoms with E-state index in [2.05, 4.69) is 4.98 Å². The lowest BCUT2D eigenvalue weighted by Gasteiger charge is -2.05. The number of rotatable bonds is 3. The summed E-state index contributed by atoms with van der Waals surface area (Å²) >= 11 is 0. The van der Waals surface area contributed by atoms with Crippen LogP contribution in [0, 0.1) is 0 Å². The Balaban J connectivity index is 2.02. The van der Waals surface area contributed by atoms with Crippen molar-refractivity contribution in [3.63, 3.8) is 0 Å². The van der Waals surface area contributed by atoms with Gasteiger partial charge in [-0.15, -0.1) is 0 Å². The number of ether oxygens (including phenoxy) is 1. The van der Waals surface area contributed by atoms with E-state index in [1.165, 1.54) is 0 Å². The molecule has 4 nitrogen and oxygen atoms in total. The third-order valence-corrected chi connectivity index (χ3v) is 3.46. The molecule has 0 aliphatic rings. The van der Waals surface area contributed by atoms with E-state index in [9.17, 15) is 9.59 Å². The lowest BCUT2D eigenvalue weighted by Crippen LogP contribution is -2.09. The zero-order valence-corrected chi connectivity index (χ0v) is 12.1. The number of hydrogen-bond acceptors (Lipinski definition) is 3. The van der Waals surface area contributed by atoms with Crippen molar-refractivity contribution in [1.82, 2.24) is 4.98 Å². The smallest absolute Gasteiger partial charge is 0.338 e. The molecule has 0 unspecified atom stereocenters. The van der Waals surface area contributed by atoms with Gasteiger partial charge in [0, 0.05) is 11.1 Å². The summed E-state index contributed by atoms with van der Waals surface area (Å²) in [6, 6.07) is 16.3. The summed E-state index contributed by atoms with van der Waals surface area (Å²) in [4.78, 5) is 26.7. The summed E-state index contributed by atoms with van der Waals surface area (Å²) in [6.45, 7) is 2.10. The topological polar surface area (TPSA) is 59.2 Å². The molecule has 0 aliphatic carbocycles. The average Bonchev–Trinajstić information content (AvgIpc) is 2.54. The van der Waals surface area contributed by atoms with Gasteiger partial charge >= 0.3 is 5.97 Å². The molecule has 0 atom stereocenters. The van der Waals surface area contributed by atoms with Gasteiger partial charge in [-0.1, -0.05) is 30.3 Å². The largest absolute Gasteiger partial charge is 0.462 e. The van der Waals surface area contributed by atoms with Crippen LogP contribution in [-0.2, 0) is 4.74 Å². The Morgan fingerprint density at radius 1 is 1.09 bits per heavy atom.